The maximum absolute atomic E-state index is 12.0. The molecular formula is C13H15ClO3S. The second-order valence-electron chi connectivity index (χ2n) is 3.71. The van der Waals surface area contributed by atoms with Gasteiger partial charge in [0.1, 0.15) is 0 Å². The summed E-state index contributed by atoms with van der Waals surface area (Å²) in [6, 6.07) is 6.81. The van der Waals surface area contributed by atoms with Crippen molar-refractivity contribution in [1.82, 2.24) is 0 Å². The number of rotatable bonds is 6. The molecule has 98 valence electrons. The predicted molar refractivity (Wildman–Crippen MR) is 74.3 cm³/mol. The van der Waals surface area contributed by atoms with E-state index < -0.39 is 0 Å². The van der Waals surface area contributed by atoms with E-state index in [-0.39, 0.29) is 17.0 Å². The third kappa shape index (κ3) is 4.70. The highest BCUT2D eigenvalue weighted by Crippen LogP contribution is 2.18. The lowest BCUT2D eigenvalue weighted by molar-refractivity contribution is -0.140. The van der Waals surface area contributed by atoms with Gasteiger partial charge in [0, 0.05) is 16.3 Å². The Morgan fingerprint density at radius 2 is 1.94 bits per heavy atom. The highest BCUT2D eigenvalue weighted by molar-refractivity contribution is 8.00. The van der Waals surface area contributed by atoms with E-state index >= 15 is 0 Å². The van der Waals surface area contributed by atoms with Crippen LogP contribution in [0.2, 0.25) is 5.02 Å². The Hall–Kier alpha value is -1.00. The summed E-state index contributed by atoms with van der Waals surface area (Å²) in [6.07, 6.45) is 0.319. The average molecular weight is 287 g/mol. The van der Waals surface area contributed by atoms with Crippen molar-refractivity contribution in [2.24, 2.45) is 0 Å². The minimum absolute atomic E-state index is 0.0431. The molecule has 0 aromatic heterocycles. The fourth-order valence-corrected chi connectivity index (χ4v) is 2.40. The number of ether oxygens (including phenoxy) is 1. The largest absolute Gasteiger partial charge is 0.469 e. The van der Waals surface area contributed by atoms with Gasteiger partial charge in [0.2, 0.25) is 0 Å². The lowest BCUT2D eigenvalue weighted by Gasteiger charge is -2.09. The van der Waals surface area contributed by atoms with Gasteiger partial charge in [-0.05, 0) is 31.2 Å². The van der Waals surface area contributed by atoms with Crippen LogP contribution in [-0.2, 0) is 9.53 Å². The minimum Gasteiger partial charge on any atom is -0.469 e. The van der Waals surface area contributed by atoms with Crippen molar-refractivity contribution < 1.29 is 14.3 Å². The van der Waals surface area contributed by atoms with Gasteiger partial charge in [-0.15, -0.1) is 11.8 Å². The van der Waals surface area contributed by atoms with E-state index in [1.165, 1.54) is 18.9 Å². The van der Waals surface area contributed by atoms with E-state index in [4.69, 9.17) is 11.6 Å². The molecule has 1 atom stereocenters. The van der Waals surface area contributed by atoms with Crippen molar-refractivity contribution in [3.8, 4) is 0 Å². The van der Waals surface area contributed by atoms with Crippen molar-refractivity contribution in [3.63, 3.8) is 0 Å². The number of ketones is 1. The molecule has 0 bridgehead atoms. The molecule has 0 fully saturated rings. The number of halogens is 1. The number of Topliss-reactive ketones (excluding diaryl/α,β-unsaturated/α-hetero) is 1. The number of carbonyl (C=O) groups excluding carboxylic acids is 2. The van der Waals surface area contributed by atoms with Crippen LogP contribution in [0.1, 0.15) is 23.7 Å². The van der Waals surface area contributed by atoms with Crippen LogP contribution in [0.3, 0.4) is 0 Å². The van der Waals surface area contributed by atoms with Crippen LogP contribution in [0.5, 0.6) is 0 Å². The van der Waals surface area contributed by atoms with Crippen molar-refractivity contribution >= 4 is 35.1 Å². The van der Waals surface area contributed by atoms with Crippen LogP contribution in [-0.4, -0.2) is 29.9 Å². The fourth-order valence-electron chi connectivity index (χ4n) is 1.35. The van der Waals surface area contributed by atoms with E-state index in [2.05, 4.69) is 4.74 Å². The van der Waals surface area contributed by atoms with Crippen LogP contribution >= 0.6 is 23.4 Å². The maximum atomic E-state index is 12.0. The molecule has 0 aliphatic carbocycles. The van der Waals surface area contributed by atoms with Gasteiger partial charge in [0.15, 0.2) is 5.78 Å². The molecule has 0 saturated carbocycles. The summed E-state index contributed by atoms with van der Waals surface area (Å²) in [5.74, 6) is 0.364. The SMILES string of the molecule is COC(=O)CCSC(C)C(=O)c1ccc(Cl)cc1. The first-order valence-corrected chi connectivity index (χ1v) is 6.95. The van der Waals surface area contributed by atoms with Crippen LogP contribution in [0, 0.1) is 0 Å². The van der Waals surface area contributed by atoms with E-state index in [0.717, 1.165) is 0 Å². The number of thioether (sulfide) groups is 1. The topological polar surface area (TPSA) is 43.4 Å². The molecule has 0 N–H and O–H groups in total. The molecule has 0 saturated heterocycles. The molecule has 1 rings (SSSR count). The van der Waals surface area contributed by atoms with Crippen LogP contribution in [0.15, 0.2) is 24.3 Å². The summed E-state index contributed by atoms with van der Waals surface area (Å²) in [7, 11) is 1.36. The quantitative estimate of drug-likeness (QED) is 0.595. The van der Waals surface area contributed by atoms with Crippen LogP contribution in [0.4, 0.5) is 0 Å². The molecule has 1 unspecified atom stereocenters. The first-order valence-electron chi connectivity index (χ1n) is 5.52. The third-order valence-corrected chi connectivity index (χ3v) is 3.81. The first kappa shape index (κ1) is 15.1. The smallest absolute Gasteiger partial charge is 0.306 e. The lowest BCUT2D eigenvalue weighted by Crippen LogP contribution is -2.15. The molecule has 0 heterocycles. The fraction of sp³-hybridized carbons (Fsp3) is 0.385. The average Bonchev–Trinajstić information content (AvgIpc) is 2.38. The highest BCUT2D eigenvalue weighted by atomic mass is 35.5. The Balaban J connectivity index is 2.46. The third-order valence-electron chi connectivity index (χ3n) is 2.40. The summed E-state index contributed by atoms with van der Waals surface area (Å²) in [5, 5.41) is 0.424. The lowest BCUT2D eigenvalue weighted by atomic mass is 10.1. The Bertz CT molecular complexity index is 417. The zero-order chi connectivity index (χ0) is 13.5. The zero-order valence-corrected chi connectivity index (χ0v) is 11.9. The summed E-state index contributed by atoms with van der Waals surface area (Å²) >= 11 is 7.21. The van der Waals surface area contributed by atoms with E-state index in [9.17, 15) is 9.59 Å². The molecule has 0 spiro atoms. The van der Waals surface area contributed by atoms with E-state index in [1.54, 1.807) is 24.3 Å². The van der Waals surface area contributed by atoms with Crippen LogP contribution < -0.4 is 0 Å². The van der Waals surface area contributed by atoms with Crippen molar-refractivity contribution in [3.05, 3.63) is 34.9 Å². The number of hydrogen-bond donors (Lipinski definition) is 0. The number of hydrogen-bond acceptors (Lipinski definition) is 4. The molecule has 5 heteroatoms. The van der Waals surface area contributed by atoms with Gasteiger partial charge in [-0.1, -0.05) is 11.6 Å². The minimum atomic E-state index is -0.256. The van der Waals surface area contributed by atoms with Gasteiger partial charge in [-0.25, -0.2) is 0 Å². The van der Waals surface area contributed by atoms with Gasteiger partial charge in [-0.3, -0.25) is 9.59 Å². The molecule has 0 aliphatic heterocycles. The molecule has 0 amide bonds. The van der Waals surface area contributed by atoms with E-state index in [0.29, 0.717) is 22.8 Å². The predicted octanol–water partition coefficient (Wildman–Crippen LogP) is 3.21. The highest BCUT2D eigenvalue weighted by Gasteiger charge is 2.15. The molecular weight excluding hydrogens is 272 g/mol. The van der Waals surface area contributed by atoms with Gasteiger partial charge in [0.05, 0.1) is 18.8 Å². The summed E-state index contributed by atoms with van der Waals surface area (Å²) < 4.78 is 4.54. The van der Waals surface area contributed by atoms with Crippen LogP contribution in [0.25, 0.3) is 0 Å². The standard InChI is InChI=1S/C13H15ClO3S/c1-9(18-8-7-12(15)17-2)13(16)10-3-5-11(14)6-4-10/h3-6,9H,7-8H2,1-2H3. The molecule has 0 aliphatic rings. The maximum Gasteiger partial charge on any atom is 0.306 e. The monoisotopic (exact) mass is 286 g/mol. The zero-order valence-electron chi connectivity index (χ0n) is 10.3. The summed E-state index contributed by atoms with van der Waals surface area (Å²) in [5.41, 5.74) is 0.637. The number of benzene rings is 1. The second-order valence-corrected chi connectivity index (χ2v) is 5.60. The van der Waals surface area contributed by atoms with Gasteiger partial charge < -0.3 is 4.74 Å². The number of esters is 1. The molecule has 3 nitrogen and oxygen atoms in total. The number of carbonyl (C=O) groups is 2. The normalized spacial score (nSPS) is 11.9. The van der Waals surface area contributed by atoms with Gasteiger partial charge in [0.25, 0.3) is 0 Å². The Labute approximate surface area is 116 Å². The Kier molecular flexibility index (Phi) is 6.22. The molecule has 1 aromatic carbocycles. The van der Waals surface area contributed by atoms with Crippen molar-refractivity contribution in [1.29, 1.82) is 0 Å². The summed E-state index contributed by atoms with van der Waals surface area (Å²) in [6.45, 7) is 1.83. The Morgan fingerprint density at radius 1 is 1.33 bits per heavy atom. The van der Waals surface area contributed by atoms with E-state index in [1.807, 2.05) is 6.92 Å². The molecule has 0 radical (unpaired) electrons. The molecule has 18 heavy (non-hydrogen) atoms. The molecule has 1 aromatic rings. The van der Waals surface area contributed by atoms with Gasteiger partial charge >= 0.3 is 5.97 Å². The number of methoxy groups -OCH3 is 1. The first-order chi connectivity index (χ1) is 8.54. The van der Waals surface area contributed by atoms with Crippen molar-refractivity contribution in [2.75, 3.05) is 12.9 Å². The van der Waals surface area contributed by atoms with Gasteiger partial charge in [-0.2, -0.15) is 0 Å². The van der Waals surface area contributed by atoms with Crippen molar-refractivity contribution in [2.45, 2.75) is 18.6 Å². The second kappa shape index (κ2) is 7.44. The summed E-state index contributed by atoms with van der Waals surface area (Å²) in [4.78, 5) is 23.0. The Morgan fingerprint density at radius 3 is 2.50 bits per heavy atom.